The molecule has 0 spiro atoms. The van der Waals surface area contributed by atoms with E-state index in [9.17, 15) is 4.79 Å². The highest BCUT2D eigenvalue weighted by Gasteiger charge is 2.07. The molecule has 2 aromatic carbocycles. The third-order valence-electron chi connectivity index (χ3n) is 3.05. The molecule has 0 unspecified atom stereocenters. The Kier molecular flexibility index (Phi) is 6.03. The summed E-state index contributed by atoms with van der Waals surface area (Å²) in [4.78, 5) is 12.3. The van der Waals surface area contributed by atoms with E-state index < -0.39 is 0 Å². The molecule has 0 aliphatic rings. The van der Waals surface area contributed by atoms with Gasteiger partial charge in [0.25, 0.3) is 5.91 Å². The van der Waals surface area contributed by atoms with Gasteiger partial charge in [0.2, 0.25) is 0 Å². The summed E-state index contributed by atoms with van der Waals surface area (Å²) >= 11 is 0. The zero-order chi connectivity index (χ0) is 16.7. The van der Waals surface area contributed by atoms with Gasteiger partial charge in [-0.1, -0.05) is 13.0 Å². The van der Waals surface area contributed by atoms with E-state index in [4.69, 9.17) is 9.47 Å². The van der Waals surface area contributed by atoms with Gasteiger partial charge < -0.3 is 14.8 Å². The molecule has 4 nitrogen and oxygen atoms in total. The molecule has 0 saturated carbocycles. The monoisotopic (exact) mass is 313 g/mol. The van der Waals surface area contributed by atoms with E-state index >= 15 is 0 Å². The summed E-state index contributed by atoms with van der Waals surface area (Å²) in [6, 6.07) is 14.5. The minimum Gasteiger partial charge on any atom is -0.494 e. The number of nitrogens with one attached hydrogen (secondary N) is 1. The Labute approximate surface area is 137 Å². The normalized spacial score (nSPS) is 10.4. The Morgan fingerprint density at radius 2 is 1.83 bits per heavy atom. The quantitative estimate of drug-likeness (QED) is 0.818. The van der Waals surface area contributed by atoms with Crippen molar-refractivity contribution in [1.29, 1.82) is 0 Å². The van der Waals surface area contributed by atoms with Crippen LogP contribution in [0.2, 0.25) is 0 Å². The standard InChI is InChI=1S/C19H23NO3/c1-4-12-22-17-10-8-15(9-11-17)19(21)20-16-6-5-7-18(13-16)23-14(2)3/h5-11,13-14H,4,12H2,1-3H3,(H,20,21). The molecule has 0 saturated heterocycles. The predicted molar refractivity (Wildman–Crippen MR) is 92.4 cm³/mol. The molecule has 0 atom stereocenters. The van der Waals surface area contributed by atoms with Crippen molar-refractivity contribution in [2.24, 2.45) is 0 Å². The van der Waals surface area contributed by atoms with E-state index in [1.54, 1.807) is 12.1 Å². The Bertz CT molecular complexity index is 635. The molecule has 0 aliphatic carbocycles. The van der Waals surface area contributed by atoms with Gasteiger partial charge in [0.15, 0.2) is 0 Å². The fraction of sp³-hybridized carbons (Fsp3) is 0.316. The molecule has 0 heterocycles. The Morgan fingerprint density at radius 1 is 1.09 bits per heavy atom. The number of ether oxygens (including phenoxy) is 2. The lowest BCUT2D eigenvalue weighted by molar-refractivity contribution is 0.102. The first-order chi connectivity index (χ1) is 11.1. The number of hydrogen-bond donors (Lipinski definition) is 1. The fourth-order valence-corrected chi connectivity index (χ4v) is 2.05. The van der Waals surface area contributed by atoms with E-state index in [0.717, 1.165) is 17.9 Å². The van der Waals surface area contributed by atoms with Crippen LogP contribution >= 0.6 is 0 Å². The van der Waals surface area contributed by atoms with Crippen LogP contribution in [0, 0.1) is 0 Å². The van der Waals surface area contributed by atoms with Crippen molar-refractivity contribution in [1.82, 2.24) is 0 Å². The van der Waals surface area contributed by atoms with Crippen LogP contribution in [-0.2, 0) is 0 Å². The summed E-state index contributed by atoms with van der Waals surface area (Å²) in [7, 11) is 0. The second-order valence-corrected chi connectivity index (χ2v) is 5.52. The first-order valence-electron chi connectivity index (χ1n) is 7.89. The number of rotatable bonds is 7. The van der Waals surface area contributed by atoms with Gasteiger partial charge in [-0.05, 0) is 56.7 Å². The van der Waals surface area contributed by atoms with Crippen LogP contribution in [-0.4, -0.2) is 18.6 Å². The van der Waals surface area contributed by atoms with E-state index in [1.165, 1.54) is 0 Å². The average molecular weight is 313 g/mol. The van der Waals surface area contributed by atoms with Gasteiger partial charge in [-0.3, -0.25) is 4.79 Å². The second-order valence-electron chi connectivity index (χ2n) is 5.52. The van der Waals surface area contributed by atoms with Crippen molar-refractivity contribution in [3.63, 3.8) is 0 Å². The van der Waals surface area contributed by atoms with E-state index in [1.807, 2.05) is 50.2 Å². The number of carbonyl (C=O) groups is 1. The molecule has 0 aliphatic heterocycles. The maximum atomic E-state index is 12.3. The van der Waals surface area contributed by atoms with Gasteiger partial charge in [-0.25, -0.2) is 0 Å². The van der Waals surface area contributed by atoms with Crippen molar-refractivity contribution in [2.45, 2.75) is 33.3 Å². The largest absolute Gasteiger partial charge is 0.494 e. The highest BCUT2D eigenvalue weighted by molar-refractivity contribution is 6.04. The van der Waals surface area contributed by atoms with Crippen molar-refractivity contribution in [3.05, 3.63) is 54.1 Å². The minimum atomic E-state index is -0.159. The number of hydrogen-bond acceptors (Lipinski definition) is 3. The highest BCUT2D eigenvalue weighted by atomic mass is 16.5. The van der Waals surface area contributed by atoms with Crippen LogP contribution in [0.3, 0.4) is 0 Å². The summed E-state index contributed by atoms with van der Waals surface area (Å²) in [6.45, 7) is 6.66. The SMILES string of the molecule is CCCOc1ccc(C(=O)Nc2cccc(OC(C)C)c2)cc1. The number of carbonyl (C=O) groups excluding carboxylic acids is 1. The Balaban J connectivity index is 2.01. The topological polar surface area (TPSA) is 47.6 Å². The van der Waals surface area contributed by atoms with Gasteiger partial charge >= 0.3 is 0 Å². The van der Waals surface area contributed by atoms with Crippen molar-refractivity contribution in [2.75, 3.05) is 11.9 Å². The Hall–Kier alpha value is -2.49. The Morgan fingerprint density at radius 3 is 2.48 bits per heavy atom. The summed E-state index contributed by atoms with van der Waals surface area (Å²) in [5, 5.41) is 2.87. The summed E-state index contributed by atoms with van der Waals surface area (Å²) < 4.78 is 11.1. The molecule has 2 aromatic rings. The lowest BCUT2D eigenvalue weighted by Gasteiger charge is -2.11. The van der Waals surface area contributed by atoms with Gasteiger partial charge in [-0.15, -0.1) is 0 Å². The third kappa shape index (κ3) is 5.33. The van der Waals surface area contributed by atoms with Gasteiger partial charge in [0.1, 0.15) is 11.5 Å². The van der Waals surface area contributed by atoms with Gasteiger partial charge in [0.05, 0.1) is 12.7 Å². The zero-order valence-electron chi connectivity index (χ0n) is 13.8. The molecule has 0 aromatic heterocycles. The number of amides is 1. The van der Waals surface area contributed by atoms with Crippen LogP contribution < -0.4 is 14.8 Å². The molecule has 1 amide bonds. The van der Waals surface area contributed by atoms with E-state index in [2.05, 4.69) is 12.2 Å². The third-order valence-corrected chi connectivity index (χ3v) is 3.05. The van der Waals surface area contributed by atoms with Crippen LogP contribution in [0.4, 0.5) is 5.69 Å². The van der Waals surface area contributed by atoms with E-state index in [-0.39, 0.29) is 12.0 Å². The summed E-state index contributed by atoms with van der Waals surface area (Å²) in [5.74, 6) is 1.35. The molecular formula is C19H23NO3. The van der Waals surface area contributed by atoms with Gasteiger partial charge in [-0.2, -0.15) is 0 Å². The number of benzene rings is 2. The summed E-state index contributed by atoms with van der Waals surface area (Å²) in [6.07, 6.45) is 1.05. The van der Waals surface area contributed by atoms with Crippen LogP contribution in [0.15, 0.2) is 48.5 Å². The van der Waals surface area contributed by atoms with Crippen LogP contribution in [0.25, 0.3) is 0 Å². The molecule has 23 heavy (non-hydrogen) atoms. The van der Waals surface area contributed by atoms with Crippen molar-refractivity contribution < 1.29 is 14.3 Å². The summed E-state index contributed by atoms with van der Waals surface area (Å²) in [5.41, 5.74) is 1.29. The van der Waals surface area contributed by atoms with E-state index in [0.29, 0.717) is 17.9 Å². The lowest BCUT2D eigenvalue weighted by Crippen LogP contribution is -2.12. The molecular weight excluding hydrogens is 290 g/mol. The number of anilines is 1. The predicted octanol–water partition coefficient (Wildman–Crippen LogP) is 4.51. The van der Waals surface area contributed by atoms with Crippen molar-refractivity contribution in [3.8, 4) is 11.5 Å². The molecule has 0 bridgehead atoms. The molecule has 122 valence electrons. The molecule has 0 fully saturated rings. The first-order valence-corrected chi connectivity index (χ1v) is 7.89. The first kappa shape index (κ1) is 16.9. The molecule has 1 N–H and O–H groups in total. The fourth-order valence-electron chi connectivity index (χ4n) is 2.05. The smallest absolute Gasteiger partial charge is 0.255 e. The second kappa shape index (κ2) is 8.22. The highest BCUT2D eigenvalue weighted by Crippen LogP contribution is 2.20. The maximum Gasteiger partial charge on any atom is 0.255 e. The average Bonchev–Trinajstić information content (AvgIpc) is 2.53. The minimum absolute atomic E-state index is 0.0941. The molecule has 4 heteroatoms. The molecule has 2 rings (SSSR count). The van der Waals surface area contributed by atoms with Crippen LogP contribution in [0.5, 0.6) is 11.5 Å². The zero-order valence-corrected chi connectivity index (χ0v) is 13.8. The van der Waals surface area contributed by atoms with Crippen LogP contribution in [0.1, 0.15) is 37.6 Å². The van der Waals surface area contributed by atoms with Crippen molar-refractivity contribution >= 4 is 11.6 Å². The lowest BCUT2D eigenvalue weighted by atomic mass is 10.2. The molecule has 0 radical (unpaired) electrons. The van der Waals surface area contributed by atoms with Gasteiger partial charge in [0, 0.05) is 17.3 Å². The maximum absolute atomic E-state index is 12.3.